The van der Waals surface area contributed by atoms with Gasteiger partial charge in [0.15, 0.2) is 11.6 Å². The van der Waals surface area contributed by atoms with Crippen molar-refractivity contribution in [2.24, 2.45) is 0 Å². The van der Waals surface area contributed by atoms with E-state index in [-0.39, 0.29) is 15.6 Å². The highest BCUT2D eigenvalue weighted by atomic mass is 35.5. The summed E-state index contributed by atoms with van der Waals surface area (Å²) in [6, 6.07) is 8.80. The van der Waals surface area contributed by atoms with Crippen molar-refractivity contribution >= 4 is 33.2 Å². The molecule has 0 unspecified atom stereocenters. The van der Waals surface area contributed by atoms with Crippen LogP contribution in [0.4, 0.5) is 8.78 Å². The van der Waals surface area contributed by atoms with Crippen LogP contribution in [-0.2, 0) is 0 Å². The maximum Gasteiger partial charge on any atom is 0.273 e. The lowest BCUT2D eigenvalue weighted by Crippen LogP contribution is -2.10. The highest BCUT2D eigenvalue weighted by Crippen LogP contribution is 2.25. The van der Waals surface area contributed by atoms with E-state index in [0.717, 1.165) is 17.6 Å². The van der Waals surface area contributed by atoms with E-state index in [1.807, 2.05) is 0 Å². The molecule has 0 bridgehead atoms. The average Bonchev–Trinajstić information content (AvgIpc) is 2.73. The molecule has 0 atom stereocenters. The number of hydrogen-bond acceptors (Lipinski definition) is 2. The van der Waals surface area contributed by atoms with Gasteiger partial charge in [0.05, 0.1) is 15.8 Å². The third kappa shape index (κ3) is 1.95. The minimum Gasteiger partial charge on any atom is -0.267 e. The van der Waals surface area contributed by atoms with Crippen molar-refractivity contribution in [1.82, 2.24) is 3.96 Å². The van der Waals surface area contributed by atoms with Crippen LogP contribution in [0.2, 0.25) is 5.02 Å². The number of halogens is 3. The van der Waals surface area contributed by atoms with Crippen LogP contribution in [0.3, 0.4) is 0 Å². The Morgan fingerprint density at radius 1 is 1.05 bits per heavy atom. The molecule has 0 saturated carbocycles. The average molecular weight is 298 g/mol. The smallest absolute Gasteiger partial charge is 0.267 e. The lowest BCUT2D eigenvalue weighted by molar-refractivity contribution is 0.518. The van der Waals surface area contributed by atoms with Gasteiger partial charge in [0.1, 0.15) is 0 Å². The summed E-state index contributed by atoms with van der Waals surface area (Å²) in [4.78, 5) is 12.1. The standard InChI is InChI=1S/C13H6ClF2NOS/c14-7-1-3-8(4-2-7)17-13(18)9-5-6-10(15)11(16)12(9)19-17/h1-6H. The SMILES string of the molecule is O=c1c2ccc(F)c(F)c2sn1-c1ccc(Cl)cc1. The van der Waals surface area contributed by atoms with Crippen molar-refractivity contribution in [2.75, 3.05) is 0 Å². The van der Waals surface area contributed by atoms with Crippen LogP contribution in [0.5, 0.6) is 0 Å². The van der Waals surface area contributed by atoms with E-state index in [4.69, 9.17) is 11.6 Å². The number of nitrogens with zero attached hydrogens (tertiary/aromatic N) is 1. The molecule has 0 N–H and O–H groups in total. The summed E-state index contributed by atoms with van der Waals surface area (Å²) in [6.07, 6.45) is 0. The van der Waals surface area contributed by atoms with Crippen LogP contribution in [0.1, 0.15) is 0 Å². The predicted molar refractivity (Wildman–Crippen MR) is 72.3 cm³/mol. The van der Waals surface area contributed by atoms with Crippen molar-refractivity contribution in [3.05, 3.63) is 63.4 Å². The van der Waals surface area contributed by atoms with Gasteiger partial charge in [-0.2, -0.15) is 0 Å². The number of fused-ring (bicyclic) bond motifs is 1. The van der Waals surface area contributed by atoms with Crippen LogP contribution in [0.25, 0.3) is 15.8 Å². The Morgan fingerprint density at radius 3 is 2.42 bits per heavy atom. The van der Waals surface area contributed by atoms with Crippen molar-refractivity contribution in [1.29, 1.82) is 0 Å². The zero-order chi connectivity index (χ0) is 13.6. The second kappa shape index (κ2) is 4.43. The van der Waals surface area contributed by atoms with Gasteiger partial charge in [-0.3, -0.25) is 4.79 Å². The molecule has 0 amide bonds. The molecule has 0 aliphatic heterocycles. The number of rotatable bonds is 1. The Labute approximate surface area is 115 Å². The van der Waals surface area contributed by atoms with Gasteiger partial charge >= 0.3 is 0 Å². The monoisotopic (exact) mass is 297 g/mol. The van der Waals surface area contributed by atoms with E-state index in [1.54, 1.807) is 24.3 Å². The van der Waals surface area contributed by atoms with Crippen LogP contribution < -0.4 is 5.56 Å². The van der Waals surface area contributed by atoms with E-state index in [9.17, 15) is 13.6 Å². The lowest BCUT2D eigenvalue weighted by atomic mass is 10.2. The summed E-state index contributed by atoms with van der Waals surface area (Å²) in [6.45, 7) is 0. The lowest BCUT2D eigenvalue weighted by Gasteiger charge is -1.99. The van der Waals surface area contributed by atoms with Crippen molar-refractivity contribution < 1.29 is 8.78 Å². The second-order valence-electron chi connectivity index (χ2n) is 3.91. The molecule has 0 aliphatic rings. The van der Waals surface area contributed by atoms with Crippen LogP contribution >= 0.6 is 23.1 Å². The first-order valence-corrected chi connectivity index (χ1v) is 6.49. The Kier molecular flexibility index (Phi) is 2.88. The summed E-state index contributed by atoms with van der Waals surface area (Å²) in [5, 5.41) is 0.703. The zero-order valence-electron chi connectivity index (χ0n) is 9.36. The van der Waals surface area contributed by atoms with Gasteiger partial charge in [0.25, 0.3) is 5.56 Å². The van der Waals surface area contributed by atoms with E-state index in [0.29, 0.717) is 10.7 Å². The summed E-state index contributed by atoms with van der Waals surface area (Å²) in [5.74, 6) is -1.95. The first-order valence-electron chi connectivity index (χ1n) is 5.34. The molecule has 19 heavy (non-hydrogen) atoms. The number of hydrogen-bond donors (Lipinski definition) is 0. The van der Waals surface area contributed by atoms with Crippen LogP contribution in [0, 0.1) is 11.6 Å². The first-order chi connectivity index (χ1) is 9.08. The molecule has 1 heterocycles. The van der Waals surface area contributed by atoms with Gasteiger partial charge < -0.3 is 0 Å². The highest BCUT2D eigenvalue weighted by molar-refractivity contribution is 7.14. The van der Waals surface area contributed by atoms with Crippen molar-refractivity contribution in [2.45, 2.75) is 0 Å². The predicted octanol–water partition coefficient (Wildman–Crippen LogP) is 3.98. The summed E-state index contributed by atoms with van der Waals surface area (Å²) in [7, 11) is 0. The zero-order valence-corrected chi connectivity index (χ0v) is 10.9. The van der Waals surface area contributed by atoms with Crippen molar-refractivity contribution in [3.63, 3.8) is 0 Å². The third-order valence-electron chi connectivity index (χ3n) is 2.71. The fourth-order valence-corrected chi connectivity index (χ4v) is 2.93. The molecule has 0 fully saturated rings. The van der Waals surface area contributed by atoms with Gasteiger partial charge in [-0.15, -0.1) is 0 Å². The molecule has 3 aromatic rings. The molecule has 2 nitrogen and oxygen atoms in total. The molecule has 0 spiro atoms. The molecule has 0 radical (unpaired) electrons. The number of benzene rings is 2. The summed E-state index contributed by atoms with van der Waals surface area (Å²) in [5.41, 5.74) is 0.191. The van der Waals surface area contributed by atoms with E-state index in [1.165, 1.54) is 10.0 Å². The van der Waals surface area contributed by atoms with Gasteiger partial charge in [-0.05, 0) is 47.9 Å². The molecule has 96 valence electrons. The Hall–Kier alpha value is -1.72. The number of aromatic nitrogens is 1. The molecule has 1 aromatic heterocycles. The molecule has 0 aliphatic carbocycles. The Morgan fingerprint density at radius 2 is 1.74 bits per heavy atom. The van der Waals surface area contributed by atoms with Gasteiger partial charge in [0.2, 0.25) is 0 Å². The van der Waals surface area contributed by atoms with Crippen LogP contribution in [0.15, 0.2) is 41.2 Å². The third-order valence-corrected chi connectivity index (χ3v) is 4.10. The second-order valence-corrected chi connectivity index (χ2v) is 5.30. The minimum atomic E-state index is -0.993. The minimum absolute atomic E-state index is 0.0138. The molecular weight excluding hydrogens is 292 g/mol. The maximum atomic E-state index is 13.6. The van der Waals surface area contributed by atoms with Crippen molar-refractivity contribution in [3.8, 4) is 5.69 Å². The molecule has 6 heteroatoms. The van der Waals surface area contributed by atoms with E-state index >= 15 is 0 Å². The van der Waals surface area contributed by atoms with Gasteiger partial charge in [0, 0.05) is 5.02 Å². The maximum absolute atomic E-state index is 13.6. The normalized spacial score (nSPS) is 11.1. The largest absolute Gasteiger partial charge is 0.273 e. The highest BCUT2D eigenvalue weighted by Gasteiger charge is 2.15. The van der Waals surface area contributed by atoms with E-state index < -0.39 is 11.6 Å². The summed E-state index contributed by atoms with van der Waals surface area (Å²) < 4.78 is 28.1. The van der Waals surface area contributed by atoms with Gasteiger partial charge in [-0.25, -0.2) is 12.7 Å². The molecule has 3 rings (SSSR count). The van der Waals surface area contributed by atoms with E-state index in [2.05, 4.69) is 0 Å². The fraction of sp³-hybridized carbons (Fsp3) is 0. The quantitative estimate of drug-likeness (QED) is 0.666. The molecular formula is C13H6ClF2NOS. The first kappa shape index (κ1) is 12.3. The van der Waals surface area contributed by atoms with Gasteiger partial charge in [-0.1, -0.05) is 11.6 Å². The summed E-state index contributed by atoms with van der Waals surface area (Å²) >= 11 is 6.64. The van der Waals surface area contributed by atoms with Crippen LogP contribution in [-0.4, -0.2) is 3.96 Å². The fourth-order valence-electron chi connectivity index (χ4n) is 1.78. The molecule has 0 saturated heterocycles. The molecule has 2 aromatic carbocycles. The Bertz CT molecular complexity index is 823. The Balaban J connectivity index is 2.31. The topological polar surface area (TPSA) is 22.0 Å².